The summed E-state index contributed by atoms with van der Waals surface area (Å²) in [6, 6.07) is 13.8. The highest BCUT2D eigenvalue weighted by Crippen LogP contribution is 2.52. The fraction of sp³-hybridized carbons (Fsp3) is 0.318. The van der Waals surface area contributed by atoms with E-state index in [4.69, 9.17) is 0 Å². The number of ketones is 1. The molecule has 2 aromatic rings. The maximum Gasteiger partial charge on any atom is 0.416 e. The van der Waals surface area contributed by atoms with Gasteiger partial charge in [-0.2, -0.15) is 18.4 Å². The van der Waals surface area contributed by atoms with Crippen LogP contribution in [0.2, 0.25) is 0 Å². The van der Waals surface area contributed by atoms with Crippen molar-refractivity contribution in [2.45, 2.75) is 31.9 Å². The van der Waals surface area contributed by atoms with Crippen molar-refractivity contribution >= 4 is 17.4 Å². The zero-order valence-corrected chi connectivity index (χ0v) is 15.7. The molecule has 0 radical (unpaired) electrons. The van der Waals surface area contributed by atoms with Crippen molar-refractivity contribution in [3.8, 4) is 6.07 Å². The third-order valence-electron chi connectivity index (χ3n) is 5.13. The smallest absolute Gasteiger partial charge is 0.325 e. The number of rotatable bonds is 6. The van der Waals surface area contributed by atoms with Crippen LogP contribution in [0, 0.1) is 23.2 Å². The molecule has 4 nitrogen and oxygen atoms in total. The molecule has 0 spiro atoms. The molecule has 1 amide bonds. The summed E-state index contributed by atoms with van der Waals surface area (Å²) in [5.74, 6) is -4.37. The van der Waals surface area contributed by atoms with Gasteiger partial charge in [-0.3, -0.25) is 9.59 Å². The molecule has 1 N–H and O–H groups in total. The van der Waals surface area contributed by atoms with Crippen molar-refractivity contribution in [2.24, 2.45) is 11.8 Å². The average Bonchev–Trinajstić information content (AvgIpc) is 3.49. The van der Waals surface area contributed by atoms with Crippen LogP contribution in [0.3, 0.4) is 0 Å². The molecule has 3 unspecified atom stereocenters. The largest absolute Gasteiger partial charge is 0.416 e. The van der Waals surface area contributed by atoms with Crippen LogP contribution in [0.5, 0.6) is 0 Å². The highest BCUT2D eigenvalue weighted by molar-refractivity contribution is 6.11. The van der Waals surface area contributed by atoms with Crippen LogP contribution in [0.1, 0.15) is 36.0 Å². The van der Waals surface area contributed by atoms with Crippen molar-refractivity contribution in [2.75, 3.05) is 5.32 Å². The number of carbonyl (C=O) groups excluding carboxylic acids is 2. The minimum Gasteiger partial charge on any atom is -0.325 e. The second-order valence-corrected chi connectivity index (χ2v) is 7.04. The Morgan fingerprint density at radius 1 is 1.17 bits per heavy atom. The van der Waals surface area contributed by atoms with Crippen LogP contribution >= 0.6 is 0 Å². The van der Waals surface area contributed by atoms with Crippen LogP contribution in [0.4, 0.5) is 18.9 Å². The first kappa shape index (κ1) is 20.6. The number of carbonyl (C=O) groups is 2. The number of hydrogen-bond acceptors (Lipinski definition) is 3. The maximum atomic E-state index is 13.2. The maximum absolute atomic E-state index is 13.2. The van der Waals surface area contributed by atoms with Gasteiger partial charge in [-0.05, 0) is 48.1 Å². The Morgan fingerprint density at radius 3 is 2.41 bits per heavy atom. The Kier molecular flexibility index (Phi) is 5.73. The summed E-state index contributed by atoms with van der Waals surface area (Å²) in [5.41, 5.74) is 0.773. The third-order valence-corrected chi connectivity index (χ3v) is 5.13. The van der Waals surface area contributed by atoms with Gasteiger partial charge in [0.15, 0.2) is 11.7 Å². The minimum atomic E-state index is -4.52. The fourth-order valence-corrected chi connectivity index (χ4v) is 3.44. The molecule has 1 saturated carbocycles. The van der Waals surface area contributed by atoms with E-state index in [-0.39, 0.29) is 12.0 Å². The van der Waals surface area contributed by atoms with Gasteiger partial charge in [0.25, 0.3) is 0 Å². The van der Waals surface area contributed by atoms with Crippen molar-refractivity contribution in [3.05, 3.63) is 65.2 Å². The molecule has 1 aliphatic carbocycles. The predicted octanol–water partition coefficient (Wildman–Crippen LogP) is 4.72. The molecule has 29 heavy (non-hydrogen) atoms. The van der Waals surface area contributed by atoms with E-state index in [1.807, 2.05) is 19.1 Å². The van der Waals surface area contributed by atoms with Crippen molar-refractivity contribution in [3.63, 3.8) is 0 Å². The van der Waals surface area contributed by atoms with Crippen molar-refractivity contribution in [1.82, 2.24) is 0 Å². The quantitative estimate of drug-likeness (QED) is 0.714. The van der Waals surface area contributed by atoms with Gasteiger partial charge in [0.05, 0.1) is 11.6 Å². The zero-order chi connectivity index (χ0) is 21.2. The number of alkyl halides is 3. The Bertz CT molecular complexity index is 961. The second kappa shape index (κ2) is 8.08. The number of anilines is 1. The lowest BCUT2D eigenvalue weighted by molar-refractivity contribution is -0.138. The topological polar surface area (TPSA) is 70.0 Å². The van der Waals surface area contributed by atoms with Crippen molar-refractivity contribution < 1.29 is 22.8 Å². The summed E-state index contributed by atoms with van der Waals surface area (Å²) in [6.07, 6.45) is -3.50. The molecule has 0 aromatic heterocycles. The SMILES string of the molecule is CCc1ccc(NC(=O)C(C#N)C(=O)C2CC2c2ccccc2C(F)(F)F)cc1. The first-order chi connectivity index (χ1) is 13.8. The first-order valence-corrected chi connectivity index (χ1v) is 9.25. The van der Waals surface area contributed by atoms with E-state index >= 15 is 0 Å². The number of aryl methyl sites for hydroxylation is 1. The molecular formula is C22H19F3N2O2. The summed E-state index contributed by atoms with van der Waals surface area (Å²) in [4.78, 5) is 25.1. The Labute approximate surface area is 166 Å². The van der Waals surface area contributed by atoms with Gasteiger partial charge in [-0.25, -0.2) is 0 Å². The number of nitriles is 1. The van der Waals surface area contributed by atoms with Gasteiger partial charge >= 0.3 is 6.18 Å². The summed E-state index contributed by atoms with van der Waals surface area (Å²) >= 11 is 0. The van der Waals surface area contributed by atoms with Gasteiger partial charge in [0, 0.05) is 11.6 Å². The number of nitrogens with one attached hydrogen (secondary N) is 1. The minimum absolute atomic E-state index is 0.0330. The number of Topliss-reactive ketones (excluding diaryl/α,β-unsaturated/α-hetero) is 1. The Balaban J connectivity index is 1.71. The molecule has 7 heteroatoms. The predicted molar refractivity (Wildman–Crippen MR) is 101 cm³/mol. The van der Waals surface area contributed by atoms with Gasteiger partial charge in [0.1, 0.15) is 0 Å². The Morgan fingerprint density at radius 2 is 1.83 bits per heavy atom. The monoisotopic (exact) mass is 400 g/mol. The normalized spacial score (nSPS) is 19.1. The zero-order valence-electron chi connectivity index (χ0n) is 15.7. The third kappa shape index (κ3) is 4.48. The highest BCUT2D eigenvalue weighted by Gasteiger charge is 2.50. The molecule has 1 fully saturated rings. The van der Waals surface area contributed by atoms with Crippen LogP contribution in [-0.4, -0.2) is 11.7 Å². The van der Waals surface area contributed by atoms with Crippen LogP contribution in [0.25, 0.3) is 0 Å². The number of halogens is 3. The number of hydrogen-bond donors (Lipinski definition) is 1. The van der Waals surface area contributed by atoms with E-state index in [1.54, 1.807) is 18.2 Å². The standard InChI is InChI=1S/C22H19F3N2O2/c1-2-13-7-9-14(10-8-13)27-21(29)18(12-26)20(28)17-11-16(17)15-5-3-4-6-19(15)22(23,24)25/h3-10,16-18H,2,11H2,1H3,(H,27,29). The number of nitrogens with zero attached hydrogens (tertiary/aromatic N) is 1. The molecule has 0 saturated heterocycles. The summed E-state index contributed by atoms with van der Waals surface area (Å²) in [7, 11) is 0. The van der Waals surface area contributed by atoms with Crippen molar-refractivity contribution in [1.29, 1.82) is 5.26 Å². The molecular weight excluding hydrogens is 381 g/mol. The summed E-state index contributed by atoms with van der Waals surface area (Å²) in [5, 5.41) is 11.9. The van der Waals surface area contributed by atoms with E-state index < -0.39 is 41.2 Å². The molecule has 3 rings (SSSR count). The molecule has 150 valence electrons. The summed E-state index contributed by atoms with van der Waals surface area (Å²) in [6.45, 7) is 1.99. The molecule has 0 bridgehead atoms. The van der Waals surface area contributed by atoms with E-state index in [0.717, 1.165) is 18.1 Å². The Hall–Kier alpha value is -3.14. The van der Waals surface area contributed by atoms with Crippen LogP contribution in [0.15, 0.2) is 48.5 Å². The number of amides is 1. The lowest BCUT2D eigenvalue weighted by atomic mass is 9.96. The first-order valence-electron chi connectivity index (χ1n) is 9.25. The van der Waals surface area contributed by atoms with Crippen LogP contribution < -0.4 is 5.32 Å². The van der Waals surface area contributed by atoms with Crippen LogP contribution in [-0.2, 0) is 22.2 Å². The van der Waals surface area contributed by atoms with Gasteiger partial charge in [-0.1, -0.05) is 37.3 Å². The van der Waals surface area contributed by atoms with E-state index in [1.165, 1.54) is 18.2 Å². The highest BCUT2D eigenvalue weighted by atomic mass is 19.4. The lowest BCUT2D eigenvalue weighted by Gasteiger charge is -2.13. The molecule has 0 aliphatic heterocycles. The summed E-state index contributed by atoms with van der Waals surface area (Å²) < 4.78 is 39.6. The fourth-order valence-electron chi connectivity index (χ4n) is 3.44. The molecule has 0 heterocycles. The average molecular weight is 400 g/mol. The van der Waals surface area contributed by atoms with E-state index in [0.29, 0.717) is 5.69 Å². The molecule has 3 atom stereocenters. The van der Waals surface area contributed by atoms with E-state index in [2.05, 4.69) is 5.32 Å². The second-order valence-electron chi connectivity index (χ2n) is 7.04. The van der Waals surface area contributed by atoms with Gasteiger partial charge < -0.3 is 5.32 Å². The van der Waals surface area contributed by atoms with Gasteiger partial charge in [0.2, 0.25) is 5.91 Å². The van der Waals surface area contributed by atoms with Gasteiger partial charge in [-0.15, -0.1) is 0 Å². The molecule has 1 aliphatic rings. The van der Waals surface area contributed by atoms with E-state index in [9.17, 15) is 28.0 Å². The lowest BCUT2D eigenvalue weighted by Crippen LogP contribution is -2.30. The number of benzene rings is 2. The molecule has 2 aromatic carbocycles.